The van der Waals surface area contributed by atoms with E-state index in [9.17, 15) is 4.79 Å². The van der Waals surface area contributed by atoms with Crippen LogP contribution in [0, 0.1) is 20.8 Å². The highest BCUT2D eigenvalue weighted by molar-refractivity contribution is 6.31. The highest BCUT2D eigenvalue weighted by atomic mass is 35.5. The van der Waals surface area contributed by atoms with E-state index in [1.54, 1.807) is 13.2 Å². The Bertz CT molecular complexity index is 739. The van der Waals surface area contributed by atoms with Crippen LogP contribution in [0.2, 0.25) is 5.02 Å². The van der Waals surface area contributed by atoms with E-state index in [1.165, 1.54) is 11.1 Å². The number of rotatable bonds is 5. The summed E-state index contributed by atoms with van der Waals surface area (Å²) in [5, 5.41) is 3.50. The molecule has 2 aromatic carbocycles. The third-order valence-electron chi connectivity index (χ3n) is 3.78. The van der Waals surface area contributed by atoms with Crippen molar-refractivity contribution < 1.29 is 9.53 Å². The summed E-state index contributed by atoms with van der Waals surface area (Å²) in [6.45, 7) is 6.23. The van der Waals surface area contributed by atoms with Crippen molar-refractivity contribution in [1.29, 1.82) is 0 Å². The number of aryl methyl sites for hydroxylation is 3. The van der Waals surface area contributed by atoms with Gasteiger partial charge in [0.1, 0.15) is 5.75 Å². The maximum Gasteiger partial charge on any atom is 0.243 e. The van der Waals surface area contributed by atoms with E-state index in [0.29, 0.717) is 16.5 Å². The summed E-state index contributed by atoms with van der Waals surface area (Å²) in [5.41, 5.74) is 4.87. The number of halogens is 1. The third kappa shape index (κ3) is 4.42. The molecule has 2 aromatic rings. The van der Waals surface area contributed by atoms with Crippen LogP contribution in [0.4, 0.5) is 11.4 Å². The molecular formula is C19H23ClN2O2. The van der Waals surface area contributed by atoms with Crippen LogP contribution >= 0.6 is 11.6 Å². The molecule has 4 nitrogen and oxygen atoms in total. The average Bonchev–Trinajstić information content (AvgIpc) is 2.49. The van der Waals surface area contributed by atoms with Gasteiger partial charge in [-0.1, -0.05) is 17.7 Å². The van der Waals surface area contributed by atoms with Crippen LogP contribution in [0.1, 0.15) is 16.7 Å². The molecule has 128 valence electrons. The lowest BCUT2D eigenvalue weighted by molar-refractivity contribution is -0.114. The van der Waals surface area contributed by atoms with Crippen molar-refractivity contribution >= 4 is 28.9 Å². The zero-order chi connectivity index (χ0) is 17.9. The molecule has 5 heteroatoms. The van der Waals surface area contributed by atoms with Crippen molar-refractivity contribution in [2.75, 3.05) is 30.9 Å². The van der Waals surface area contributed by atoms with Crippen LogP contribution in [-0.4, -0.2) is 26.6 Å². The summed E-state index contributed by atoms with van der Waals surface area (Å²) in [6.07, 6.45) is 0. The molecule has 0 aliphatic carbocycles. The van der Waals surface area contributed by atoms with E-state index in [0.717, 1.165) is 11.3 Å². The van der Waals surface area contributed by atoms with Gasteiger partial charge >= 0.3 is 0 Å². The first-order chi connectivity index (χ1) is 11.3. The van der Waals surface area contributed by atoms with Gasteiger partial charge in [-0.15, -0.1) is 0 Å². The van der Waals surface area contributed by atoms with E-state index in [4.69, 9.17) is 16.3 Å². The van der Waals surface area contributed by atoms with Gasteiger partial charge in [0.15, 0.2) is 0 Å². The van der Waals surface area contributed by atoms with Crippen molar-refractivity contribution in [3.05, 3.63) is 52.0 Å². The Morgan fingerprint density at radius 2 is 1.75 bits per heavy atom. The van der Waals surface area contributed by atoms with Gasteiger partial charge in [0.25, 0.3) is 0 Å². The number of likely N-dealkylation sites (N-methyl/N-ethyl adjacent to an activating group) is 1. The van der Waals surface area contributed by atoms with Gasteiger partial charge in [-0.2, -0.15) is 0 Å². The van der Waals surface area contributed by atoms with Crippen LogP contribution in [0.25, 0.3) is 0 Å². The minimum Gasteiger partial charge on any atom is -0.495 e. The van der Waals surface area contributed by atoms with Gasteiger partial charge in [0, 0.05) is 23.8 Å². The second-order valence-electron chi connectivity index (χ2n) is 6.05. The number of benzene rings is 2. The molecular weight excluding hydrogens is 324 g/mol. The van der Waals surface area contributed by atoms with Crippen molar-refractivity contribution in [1.82, 2.24) is 0 Å². The molecule has 0 heterocycles. The molecule has 0 fully saturated rings. The van der Waals surface area contributed by atoms with Crippen molar-refractivity contribution in [2.45, 2.75) is 20.8 Å². The second-order valence-corrected chi connectivity index (χ2v) is 6.46. The van der Waals surface area contributed by atoms with Gasteiger partial charge in [-0.3, -0.25) is 4.79 Å². The molecule has 24 heavy (non-hydrogen) atoms. The van der Waals surface area contributed by atoms with E-state index in [1.807, 2.05) is 38.8 Å². The lowest BCUT2D eigenvalue weighted by atomic mass is 10.1. The highest BCUT2D eigenvalue weighted by Crippen LogP contribution is 2.31. The molecule has 0 saturated carbocycles. The summed E-state index contributed by atoms with van der Waals surface area (Å²) < 4.78 is 5.29. The number of hydrogen-bond acceptors (Lipinski definition) is 3. The standard InChI is InChI=1S/C19H23ClN2O2/c1-12-6-13(2)8-15(7-12)22(4)11-19(23)21-17-9-14(3)16(20)10-18(17)24-5/h6-10H,11H2,1-5H3,(H,21,23). The summed E-state index contributed by atoms with van der Waals surface area (Å²) in [4.78, 5) is 14.3. The predicted molar refractivity (Wildman–Crippen MR) is 101 cm³/mol. The van der Waals surface area contributed by atoms with Gasteiger partial charge in [-0.25, -0.2) is 0 Å². The lowest BCUT2D eigenvalue weighted by Crippen LogP contribution is -2.30. The van der Waals surface area contributed by atoms with Gasteiger partial charge < -0.3 is 15.0 Å². The SMILES string of the molecule is COc1cc(Cl)c(C)cc1NC(=O)CN(C)c1cc(C)cc(C)c1. The molecule has 0 aliphatic heterocycles. The highest BCUT2D eigenvalue weighted by Gasteiger charge is 2.13. The van der Waals surface area contributed by atoms with E-state index >= 15 is 0 Å². The second kappa shape index (κ2) is 7.58. The number of hydrogen-bond donors (Lipinski definition) is 1. The minimum atomic E-state index is -0.114. The Morgan fingerprint density at radius 1 is 1.12 bits per heavy atom. The van der Waals surface area contributed by atoms with E-state index < -0.39 is 0 Å². The number of anilines is 2. The first kappa shape index (κ1) is 18.1. The van der Waals surface area contributed by atoms with Gasteiger partial charge in [0.2, 0.25) is 5.91 Å². The molecule has 0 spiro atoms. The summed E-state index contributed by atoms with van der Waals surface area (Å²) in [5.74, 6) is 0.435. The summed E-state index contributed by atoms with van der Waals surface area (Å²) in [6, 6.07) is 9.76. The monoisotopic (exact) mass is 346 g/mol. The molecule has 0 aliphatic rings. The van der Waals surface area contributed by atoms with Gasteiger partial charge in [-0.05, 0) is 55.7 Å². The van der Waals surface area contributed by atoms with Crippen LogP contribution in [0.15, 0.2) is 30.3 Å². The molecule has 2 rings (SSSR count). The quantitative estimate of drug-likeness (QED) is 0.875. The molecule has 0 aromatic heterocycles. The Kier molecular flexibility index (Phi) is 5.73. The molecule has 0 radical (unpaired) electrons. The number of amides is 1. The number of methoxy groups -OCH3 is 1. The third-order valence-corrected chi connectivity index (χ3v) is 4.19. The van der Waals surface area contributed by atoms with Crippen LogP contribution in [0.3, 0.4) is 0 Å². The predicted octanol–water partition coefficient (Wildman–Crippen LogP) is 4.35. The Balaban J connectivity index is 2.12. The Morgan fingerprint density at radius 3 is 2.33 bits per heavy atom. The van der Waals surface area contributed by atoms with Crippen LogP contribution < -0.4 is 15.0 Å². The smallest absolute Gasteiger partial charge is 0.243 e. The lowest BCUT2D eigenvalue weighted by Gasteiger charge is -2.20. The molecule has 1 amide bonds. The summed E-state index contributed by atoms with van der Waals surface area (Å²) in [7, 11) is 3.45. The van der Waals surface area contributed by atoms with Crippen molar-refractivity contribution in [2.24, 2.45) is 0 Å². The fraction of sp³-hybridized carbons (Fsp3) is 0.316. The first-order valence-corrected chi connectivity index (χ1v) is 8.11. The van der Waals surface area contributed by atoms with Crippen LogP contribution in [0.5, 0.6) is 5.75 Å². The summed E-state index contributed by atoms with van der Waals surface area (Å²) >= 11 is 6.09. The van der Waals surface area contributed by atoms with E-state index in [-0.39, 0.29) is 12.5 Å². The molecule has 0 bridgehead atoms. The first-order valence-electron chi connectivity index (χ1n) is 7.73. The zero-order valence-corrected chi connectivity index (χ0v) is 15.5. The number of nitrogens with one attached hydrogen (secondary N) is 1. The maximum absolute atomic E-state index is 12.4. The minimum absolute atomic E-state index is 0.114. The molecule has 1 N–H and O–H groups in total. The number of carbonyl (C=O) groups is 1. The topological polar surface area (TPSA) is 41.6 Å². The van der Waals surface area contributed by atoms with E-state index in [2.05, 4.69) is 23.5 Å². The molecule has 0 unspecified atom stereocenters. The average molecular weight is 347 g/mol. The van der Waals surface area contributed by atoms with Crippen molar-refractivity contribution in [3.63, 3.8) is 0 Å². The zero-order valence-electron chi connectivity index (χ0n) is 14.7. The Labute approximate surface area is 148 Å². The normalized spacial score (nSPS) is 10.4. The molecule has 0 saturated heterocycles. The fourth-order valence-electron chi connectivity index (χ4n) is 2.60. The number of nitrogens with zero attached hydrogens (tertiary/aromatic N) is 1. The number of ether oxygens (including phenoxy) is 1. The van der Waals surface area contributed by atoms with Crippen LogP contribution in [-0.2, 0) is 4.79 Å². The maximum atomic E-state index is 12.4. The largest absolute Gasteiger partial charge is 0.495 e. The number of carbonyl (C=O) groups excluding carboxylic acids is 1. The van der Waals surface area contributed by atoms with Gasteiger partial charge in [0.05, 0.1) is 19.3 Å². The Hall–Kier alpha value is -2.20. The molecule has 0 atom stereocenters. The fourth-order valence-corrected chi connectivity index (χ4v) is 2.75. The van der Waals surface area contributed by atoms with Crippen molar-refractivity contribution in [3.8, 4) is 5.75 Å².